The van der Waals surface area contributed by atoms with Crippen LogP contribution in [0.25, 0.3) is 11.0 Å². The van der Waals surface area contributed by atoms with Crippen molar-refractivity contribution in [3.05, 3.63) is 59.4 Å². The molecule has 0 saturated heterocycles. The quantitative estimate of drug-likeness (QED) is 0.490. The van der Waals surface area contributed by atoms with E-state index >= 15 is 0 Å². The molecule has 166 valence electrons. The Kier molecular flexibility index (Phi) is 7.46. The van der Waals surface area contributed by atoms with E-state index in [1.807, 2.05) is 32.0 Å². The summed E-state index contributed by atoms with van der Waals surface area (Å²) >= 11 is 0. The number of furan rings is 1. The van der Waals surface area contributed by atoms with E-state index in [9.17, 15) is 13.6 Å². The first-order valence-electron chi connectivity index (χ1n) is 9.91. The van der Waals surface area contributed by atoms with Crippen LogP contribution in [0.1, 0.15) is 35.5 Å². The van der Waals surface area contributed by atoms with Gasteiger partial charge in [-0.3, -0.25) is 4.79 Å². The number of fused-ring (bicyclic) bond motifs is 1. The molecular weight excluding hydrogens is 408 g/mol. The summed E-state index contributed by atoms with van der Waals surface area (Å²) in [6, 6.07) is 12.1. The fraction of sp³-hybridized carbons (Fsp3) is 0.348. The summed E-state index contributed by atoms with van der Waals surface area (Å²) in [7, 11) is 1.38. The molecule has 0 aliphatic rings. The summed E-state index contributed by atoms with van der Waals surface area (Å²) in [5, 5.41) is 3.65. The maximum atomic E-state index is 12.8. The maximum Gasteiger partial charge on any atom is 0.387 e. The zero-order chi connectivity index (χ0) is 22.4. The second-order valence-electron chi connectivity index (χ2n) is 7.14. The van der Waals surface area contributed by atoms with Crippen LogP contribution in [-0.2, 0) is 17.8 Å². The number of benzene rings is 2. The lowest BCUT2D eigenvalue weighted by molar-refractivity contribution is -0.0512. The summed E-state index contributed by atoms with van der Waals surface area (Å²) < 4.78 is 46.2. The first-order valence-corrected chi connectivity index (χ1v) is 9.91. The molecule has 0 radical (unpaired) electrons. The van der Waals surface area contributed by atoms with Gasteiger partial charge >= 0.3 is 6.61 Å². The van der Waals surface area contributed by atoms with Gasteiger partial charge in [0.2, 0.25) is 0 Å². The molecule has 0 atom stereocenters. The number of hydrogen-bond donors (Lipinski definition) is 1. The van der Waals surface area contributed by atoms with Crippen LogP contribution in [0.4, 0.5) is 8.78 Å². The third kappa shape index (κ3) is 5.73. The van der Waals surface area contributed by atoms with E-state index in [1.165, 1.54) is 13.2 Å². The largest absolute Gasteiger partial charge is 0.493 e. The molecule has 0 aliphatic carbocycles. The van der Waals surface area contributed by atoms with Crippen molar-refractivity contribution in [1.82, 2.24) is 5.32 Å². The van der Waals surface area contributed by atoms with Crippen LogP contribution in [0.5, 0.6) is 11.5 Å². The summed E-state index contributed by atoms with van der Waals surface area (Å²) in [6.45, 7) is 1.42. The van der Waals surface area contributed by atoms with Crippen molar-refractivity contribution >= 4 is 16.9 Å². The number of carbonyl (C=O) groups excluding carboxylic acids is 1. The van der Waals surface area contributed by atoms with E-state index in [2.05, 4.69) is 10.1 Å². The molecule has 6 nitrogen and oxygen atoms in total. The first kappa shape index (κ1) is 22.6. The van der Waals surface area contributed by atoms with Crippen molar-refractivity contribution in [2.24, 2.45) is 0 Å². The van der Waals surface area contributed by atoms with Crippen molar-refractivity contribution in [2.45, 2.75) is 39.6 Å². The molecule has 0 saturated carbocycles. The monoisotopic (exact) mass is 433 g/mol. The zero-order valence-electron chi connectivity index (χ0n) is 17.6. The Morgan fingerprint density at radius 1 is 1.13 bits per heavy atom. The van der Waals surface area contributed by atoms with E-state index in [0.29, 0.717) is 23.1 Å². The lowest BCUT2D eigenvalue weighted by Gasteiger charge is -2.12. The number of carbonyl (C=O) groups is 1. The van der Waals surface area contributed by atoms with Gasteiger partial charge in [-0.05, 0) is 44.0 Å². The third-order valence-electron chi connectivity index (χ3n) is 4.61. The van der Waals surface area contributed by atoms with Gasteiger partial charge in [0.1, 0.15) is 5.58 Å². The molecule has 3 rings (SSSR count). The molecule has 0 aliphatic heterocycles. The van der Waals surface area contributed by atoms with Gasteiger partial charge in [0, 0.05) is 17.5 Å². The molecule has 1 aromatic heterocycles. The first-order chi connectivity index (χ1) is 14.9. The Morgan fingerprint density at radius 2 is 1.90 bits per heavy atom. The Labute approximate surface area is 179 Å². The highest BCUT2D eigenvalue weighted by atomic mass is 19.3. The molecule has 0 unspecified atom stereocenters. The number of para-hydroxylation sites is 1. The summed E-state index contributed by atoms with van der Waals surface area (Å²) in [5.74, 6) is 0.00584. The summed E-state index contributed by atoms with van der Waals surface area (Å²) in [4.78, 5) is 12.8. The van der Waals surface area contributed by atoms with Crippen molar-refractivity contribution in [2.75, 3.05) is 13.7 Å². The molecular formula is C23H25F2NO5. The van der Waals surface area contributed by atoms with Gasteiger partial charge in [-0.1, -0.05) is 24.3 Å². The summed E-state index contributed by atoms with van der Waals surface area (Å²) in [5.41, 5.74) is 2.02. The van der Waals surface area contributed by atoms with E-state index in [0.717, 1.165) is 5.39 Å². The van der Waals surface area contributed by atoms with E-state index < -0.39 is 6.61 Å². The number of halogens is 2. The number of amides is 1. The predicted molar refractivity (Wildman–Crippen MR) is 112 cm³/mol. The van der Waals surface area contributed by atoms with Gasteiger partial charge in [-0.15, -0.1) is 0 Å². The van der Waals surface area contributed by atoms with E-state index in [1.54, 1.807) is 18.2 Å². The highest BCUT2D eigenvalue weighted by Crippen LogP contribution is 2.30. The fourth-order valence-corrected chi connectivity index (χ4v) is 3.14. The number of methoxy groups -OCH3 is 1. The van der Waals surface area contributed by atoms with Crippen LogP contribution in [0.2, 0.25) is 0 Å². The molecule has 1 heterocycles. The lowest BCUT2D eigenvalue weighted by Crippen LogP contribution is -2.26. The molecule has 31 heavy (non-hydrogen) atoms. The lowest BCUT2D eigenvalue weighted by atomic mass is 10.1. The second-order valence-corrected chi connectivity index (χ2v) is 7.14. The Morgan fingerprint density at radius 3 is 2.61 bits per heavy atom. The van der Waals surface area contributed by atoms with Gasteiger partial charge in [0.25, 0.3) is 5.91 Å². The van der Waals surface area contributed by atoms with Crippen molar-refractivity contribution < 1.29 is 32.2 Å². The number of rotatable bonds is 10. The number of ether oxygens (including phenoxy) is 3. The summed E-state index contributed by atoms with van der Waals surface area (Å²) in [6.07, 6.45) is 0.414. The molecule has 1 amide bonds. The van der Waals surface area contributed by atoms with Crippen LogP contribution in [0.15, 0.2) is 46.9 Å². The smallest absolute Gasteiger partial charge is 0.387 e. The van der Waals surface area contributed by atoms with Gasteiger partial charge < -0.3 is 23.9 Å². The normalized spacial score (nSPS) is 11.3. The van der Waals surface area contributed by atoms with Crippen molar-refractivity contribution in [3.63, 3.8) is 0 Å². The molecule has 1 N–H and O–H groups in total. The average Bonchev–Trinajstić information content (AvgIpc) is 3.10. The Balaban J connectivity index is 1.70. The molecule has 0 bridgehead atoms. The minimum Gasteiger partial charge on any atom is -0.493 e. The Bertz CT molecular complexity index is 1030. The standard InChI is InChI=1S/C23H25F2NO5/c1-14(2)29-13-17-16-6-4-5-7-18(16)30-21(17)22(27)26-11-10-15-8-9-19(28-3)20(12-15)31-23(24)25/h4-9,12,14,23H,10-11,13H2,1-3H3,(H,26,27). The minimum atomic E-state index is -2.96. The van der Waals surface area contributed by atoms with E-state index in [4.69, 9.17) is 13.9 Å². The van der Waals surface area contributed by atoms with Crippen LogP contribution >= 0.6 is 0 Å². The second kappa shape index (κ2) is 10.3. The number of hydrogen-bond acceptors (Lipinski definition) is 5. The highest BCUT2D eigenvalue weighted by molar-refractivity contribution is 5.99. The van der Waals surface area contributed by atoms with Crippen molar-refractivity contribution in [3.8, 4) is 11.5 Å². The van der Waals surface area contributed by atoms with Crippen LogP contribution in [0, 0.1) is 0 Å². The highest BCUT2D eigenvalue weighted by Gasteiger charge is 2.21. The molecule has 3 aromatic rings. The number of alkyl halides is 2. The van der Waals surface area contributed by atoms with Crippen molar-refractivity contribution in [1.29, 1.82) is 0 Å². The topological polar surface area (TPSA) is 69.9 Å². The molecule has 2 aromatic carbocycles. The minimum absolute atomic E-state index is 0.00398. The molecule has 0 fully saturated rings. The Hall–Kier alpha value is -3.13. The van der Waals surface area contributed by atoms with Gasteiger partial charge in [-0.25, -0.2) is 0 Å². The molecule has 0 spiro atoms. The van der Waals surface area contributed by atoms with Gasteiger partial charge in [0.05, 0.1) is 19.8 Å². The fourth-order valence-electron chi connectivity index (χ4n) is 3.14. The predicted octanol–water partition coefficient (Wildman–Crippen LogP) is 4.94. The van der Waals surface area contributed by atoms with E-state index in [-0.39, 0.29) is 42.4 Å². The molecule has 8 heteroatoms. The van der Waals surface area contributed by atoms with Crippen LogP contribution < -0.4 is 14.8 Å². The SMILES string of the molecule is COc1ccc(CCNC(=O)c2oc3ccccc3c2COC(C)C)cc1OC(F)F. The zero-order valence-corrected chi connectivity index (χ0v) is 17.6. The number of nitrogens with one attached hydrogen (secondary N) is 1. The van der Waals surface area contributed by atoms with Crippen LogP contribution in [0.3, 0.4) is 0 Å². The van der Waals surface area contributed by atoms with Crippen LogP contribution in [-0.4, -0.2) is 32.3 Å². The van der Waals surface area contributed by atoms with Gasteiger partial charge in [-0.2, -0.15) is 8.78 Å². The third-order valence-corrected chi connectivity index (χ3v) is 4.61. The maximum absolute atomic E-state index is 12.8. The van der Waals surface area contributed by atoms with Gasteiger partial charge in [0.15, 0.2) is 17.3 Å². The average molecular weight is 433 g/mol.